The lowest BCUT2D eigenvalue weighted by Crippen LogP contribution is -2.37. The number of nitrogens with one attached hydrogen (secondary N) is 2. The van der Waals surface area contributed by atoms with Crippen molar-refractivity contribution >= 4 is 17.3 Å². The molecule has 0 saturated carbocycles. The molecule has 2 N–H and O–H groups in total. The van der Waals surface area contributed by atoms with E-state index in [1.165, 1.54) is 4.88 Å². The summed E-state index contributed by atoms with van der Waals surface area (Å²) in [6.45, 7) is 8.17. The van der Waals surface area contributed by atoms with E-state index in [2.05, 4.69) is 26.5 Å². The molecule has 0 aromatic carbocycles. The minimum atomic E-state index is 0.491. The number of hydrogen-bond acceptors (Lipinski definition) is 3. The Hall–Kier alpha value is -1.54. The summed E-state index contributed by atoms with van der Waals surface area (Å²) in [5.41, 5.74) is 1.12. The normalized spacial score (nSPS) is 11.1. The van der Waals surface area contributed by atoms with Crippen molar-refractivity contribution in [3.63, 3.8) is 0 Å². The van der Waals surface area contributed by atoms with E-state index < -0.39 is 0 Å². The third-order valence-electron chi connectivity index (χ3n) is 2.31. The van der Waals surface area contributed by atoms with Crippen molar-refractivity contribution in [3.05, 3.63) is 15.6 Å². The second-order valence-electron chi connectivity index (χ2n) is 3.81. The molecular weight excluding hydrogens is 244 g/mol. The summed E-state index contributed by atoms with van der Waals surface area (Å²) in [4.78, 5) is 10.2. The zero-order valence-corrected chi connectivity index (χ0v) is 12.0. The van der Waals surface area contributed by atoms with Gasteiger partial charge in [-0.2, -0.15) is 0 Å². The molecule has 1 rings (SSSR count). The maximum atomic E-state index is 5.21. The van der Waals surface area contributed by atoms with Crippen LogP contribution in [0.3, 0.4) is 0 Å². The van der Waals surface area contributed by atoms with Gasteiger partial charge in [0.2, 0.25) is 0 Å². The lowest BCUT2D eigenvalue weighted by atomic mass is 10.3. The van der Waals surface area contributed by atoms with E-state index >= 15 is 0 Å². The number of aryl methyl sites for hydroxylation is 2. The van der Waals surface area contributed by atoms with Crippen molar-refractivity contribution in [1.82, 2.24) is 15.6 Å². The second-order valence-corrected chi connectivity index (χ2v) is 5.10. The van der Waals surface area contributed by atoms with Crippen LogP contribution >= 0.6 is 11.3 Å². The number of aliphatic imine (C=N–C) groups is 1. The highest BCUT2D eigenvalue weighted by Crippen LogP contribution is 2.17. The van der Waals surface area contributed by atoms with Crippen LogP contribution in [0.5, 0.6) is 0 Å². The van der Waals surface area contributed by atoms with E-state index in [0.29, 0.717) is 6.54 Å². The third kappa shape index (κ3) is 4.76. The smallest absolute Gasteiger partial charge is 0.192 e. The Morgan fingerprint density at radius 2 is 2.22 bits per heavy atom. The molecule has 18 heavy (non-hydrogen) atoms. The van der Waals surface area contributed by atoms with E-state index in [0.717, 1.165) is 36.2 Å². The quantitative estimate of drug-likeness (QED) is 0.481. The highest BCUT2D eigenvalue weighted by atomic mass is 32.1. The van der Waals surface area contributed by atoms with Crippen molar-refractivity contribution in [2.45, 2.75) is 27.2 Å². The standard InChI is InChI=1S/C13H20N4S/c1-5-8-15-13(14-6-2)16-9-7-12-10(3)17-11(4)18-12/h1H,6-9H2,2-4H3,(H2,14,15,16). The monoisotopic (exact) mass is 264 g/mol. The number of thiazole rings is 1. The lowest BCUT2D eigenvalue weighted by molar-refractivity contribution is 0.856. The van der Waals surface area contributed by atoms with Crippen LogP contribution in [0.25, 0.3) is 0 Å². The van der Waals surface area contributed by atoms with Crippen molar-refractivity contribution in [1.29, 1.82) is 0 Å². The first kappa shape index (κ1) is 14.5. The molecule has 0 aliphatic heterocycles. The predicted molar refractivity (Wildman–Crippen MR) is 78.1 cm³/mol. The molecule has 0 spiro atoms. The van der Waals surface area contributed by atoms with Gasteiger partial charge in [0.15, 0.2) is 5.96 Å². The van der Waals surface area contributed by atoms with Crippen LogP contribution < -0.4 is 10.6 Å². The maximum Gasteiger partial charge on any atom is 0.192 e. The molecule has 1 aromatic rings. The highest BCUT2D eigenvalue weighted by molar-refractivity contribution is 7.11. The van der Waals surface area contributed by atoms with E-state index in [1.807, 2.05) is 20.8 Å². The van der Waals surface area contributed by atoms with Gasteiger partial charge in [0.05, 0.1) is 17.2 Å². The Bertz CT molecular complexity index is 442. The average molecular weight is 264 g/mol. The summed E-state index contributed by atoms with van der Waals surface area (Å²) in [5.74, 6) is 3.31. The Balaban J connectivity index is 2.50. The van der Waals surface area contributed by atoms with Crippen molar-refractivity contribution in [2.24, 2.45) is 4.99 Å². The van der Waals surface area contributed by atoms with Gasteiger partial charge < -0.3 is 10.6 Å². The molecule has 5 heteroatoms. The van der Waals surface area contributed by atoms with E-state index in [4.69, 9.17) is 6.42 Å². The van der Waals surface area contributed by atoms with Crippen LogP contribution in [0, 0.1) is 26.2 Å². The first-order chi connectivity index (χ1) is 8.67. The van der Waals surface area contributed by atoms with Gasteiger partial charge in [-0.1, -0.05) is 5.92 Å². The van der Waals surface area contributed by atoms with Crippen LogP contribution in [0.15, 0.2) is 4.99 Å². The van der Waals surface area contributed by atoms with Crippen LogP contribution in [0.1, 0.15) is 22.5 Å². The zero-order valence-electron chi connectivity index (χ0n) is 11.2. The molecule has 0 aliphatic rings. The molecule has 0 unspecified atom stereocenters. The molecule has 0 saturated heterocycles. The number of guanidine groups is 1. The molecule has 0 atom stereocenters. The van der Waals surface area contributed by atoms with Crippen LogP contribution in [-0.4, -0.2) is 30.6 Å². The zero-order chi connectivity index (χ0) is 13.4. The van der Waals surface area contributed by atoms with Gasteiger partial charge in [-0.05, 0) is 20.8 Å². The van der Waals surface area contributed by atoms with E-state index in [1.54, 1.807) is 11.3 Å². The number of aromatic nitrogens is 1. The summed E-state index contributed by atoms with van der Waals surface area (Å²) in [5, 5.41) is 7.34. The fourth-order valence-corrected chi connectivity index (χ4v) is 2.48. The fourth-order valence-electron chi connectivity index (χ4n) is 1.55. The predicted octanol–water partition coefficient (Wildman–Crippen LogP) is 1.49. The second kappa shape index (κ2) is 7.72. The summed E-state index contributed by atoms with van der Waals surface area (Å²) in [6.07, 6.45) is 6.13. The minimum Gasteiger partial charge on any atom is -0.357 e. The number of hydrogen-bond donors (Lipinski definition) is 2. The van der Waals surface area contributed by atoms with Crippen LogP contribution in [-0.2, 0) is 6.42 Å². The summed E-state index contributed by atoms with van der Waals surface area (Å²) in [6, 6.07) is 0. The molecule has 0 aliphatic carbocycles. The van der Waals surface area contributed by atoms with Crippen LogP contribution in [0.2, 0.25) is 0 Å². The van der Waals surface area contributed by atoms with Gasteiger partial charge in [-0.15, -0.1) is 17.8 Å². The Morgan fingerprint density at radius 3 is 2.78 bits per heavy atom. The molecule has 98 valence electrons. The first-order valence-corrected chi connectivity index (χ1v) is 6.87. The molecule has 0 bridgehead atoms. The highest BCUT2D eigenvalue weighted by Gasteiger charge is 2.04. The number of terminal acetylenes is 1. The summed E-state index contributed by atoms with van der Waals surface area (Å²) in [7, 11) is 0. The van der Waals surface area contributed by atoms with Crippen molar-refractivity contribution in [3.8, 4) is 12.3 Å². The third-order valence-corrected chi connectivity index (χ3v) is 3.44. The van der Waals surface area contributed by atoms with Gasteiger partial charge >= 0.3 is 0 Å². The maximum absolute atomic E-state index is 5.21. The van der Waals surface area contributed by atoms with Gasteiger partial charge in [-0.25, -0.2) is 4.98 Å². The van der Waals surface area contributed by atoms with Gasteiger partial charge in [0, 0.05) is 24.4 Å². The van der Waals surface area contributed by atoms with Crippen molar-refractivity contribution < 1.29 is 0 Å². The molecule has 1 heterocycles. The summed E-state index contributed by atoms with van der Waals surface area (Å²) < 4.78 is 0. The molecule has 1 aromatic heterocycles. The summed E-state index contributed by atoms with van der Waals surface area (Å²) >= 11 is 1.74. The van der Waals surface area contributed by atoms with Gasteiger partial charge in [0.25, 0.3) is 0 Å². The van der Waals surface area contributed by atoms with E-state index in [9.17, 15) is 0 Å². The number of nitrogens with zero attached hydrogens (tertiary/aromatic N) is 2. The van der Waals surface area contributed by atoms with Crippen LogP contribution in [0.4, 0.5) is 0 Å². The Labute approximate surface area is 113 Å². The Kier molecular flexibility index (Phi) is 6.23. The first-order valence-electron chi connectivity index (χ1n) is 6.06. The molecule has 0 fully saturated rings. The topological polar surface area (TPSA) is 49.3 Å². The van der Waals surface area contributed by atoms with E-state index in [-0.39, 0.29) is 0 Å². The molecule has 0 amide bonds. The van der Waals surface area contributed by atoms with Gasteiger partial charge in [-0.3, -0.25) is 4.99 Å². The van der Waals surface area contributed by atoms with Gasteiger partial charge in [0.1, 0.15) is 0 Å². The minimum absolute atomic E-state index is 0.491. The number of rotatable bonds is 5. The average Bonchev–Trinajstić information content (AvgIpc) is 2.65. The fraction of sp³-hybridized carbons (Fsp3) is 0.538. The Morgan fingerprint density at radius 1 is 1.44 bits per heavy atom. The lowest BCUT2D eigenvalue weighted by Gasteiger charge is -2.08. The SMILES string of the molecule is C#CCNC(=NCCc1sc(C)nc1C)NCC. The molecule has 0 radical (unpaired) electrons. The molecular formula is C13H20N4S. The largest absolute Gasteiger partial charge is 0.357 e. The molecule has 4 nitrogen and oxygen atoms in total. The van der Waals surface area contributed by atoms with Crippen molar-refractivity contribution in [2.75, 3.05) is 19.6 Å².